The van der Waals surface area contributed by atoms with E-state index in [9.17, 15) is 9.35 Å². The first-order valence-electron chi connectivity index (χ1n) is 12.9. The Morgan fingerprint density at radius 3 is 2.41 bits per heavy atom. The van der Waals surface area contributed by atoms with Crippen molar-refractivity contribution in [2.75, 3.05) is 20.8 Å². The van der Waals surface area contributed by atoms with Gasteiger partial charge < -0.3 is 23.5 Å². The lowest BCUT2D eigenvalue weighted by Gasteiger charge is -2.27. The third kappa shape index (κ3) is 7.91. The number of methoxy groups -OCH3 is 2. The van der Waals surface area contributed by atoms with E-state index < -0.39 is 22.2 Å². The number of rotatable bonds is 12. The second-order valence-corrected chi connectivity index (χ2v) is 13.4. The topological polar surface area (TPSA) is 89.1 Å². The predicted octanol–water partition coefficient (Wildman–Crippen LogP) is 6.67. The molecule has 0 spiro atoms. The first-order valence-corrected chi connectivity index (χ1v) is 14.8. The van der Waals surface area contributed by atoms with E-state index in [0.29, 0.717) is 24.7 Å². The van der Waals surface area contributed by atoms with Crippen LogP contribution < -0.4 is 18.9 Å². The van der Waals surface area contributed by atoms with Crippen molar-refractivity contribution in [3.63, 3.8) is 0 Å². The number of hydrogen-bond acceptors (Lipinski definition) is 8. The highest BCUT2D eigenvalue weighted by Gasteiger charge is 2.32. The maximum Gasteiger partial charge on any atom is 0.307 e. The Morgan fingerprint density at radius 2 is 1.77 bits per heavy atom. The van der Waals surface area contributed by atoms with Gasteiger partial charge in [-0.3, -0.25) is 4.79 Å². The van der Waals surface area contributed by atoms with E-state index in [1.807, 2.05) is 58.0 Å². The monoisotopic (exact) mass is 573 g/mol. The van der Waals surface area contributed by atoms with Gasteiger partial charge in [-0.25, -0.2) is 0 Å². The molecule has 39 heavy (non-hydrogen) atoms. The summed E-state index contributed by atoms with van der Waals surface area (Å²) in [5.74, 6) is 1.74. The van der Waals surface area contributed by atoms with Gasteiger partial charge in [-0.2, -0.15) is 0 Å². The fourth-order valence-electron chi connectivity index (χ4n) is 4.08. The van der Waals surface area contributed by atoms with Crippen LogP contribution in [0.4, 0.5) is 0 Å². The number of carbonyl (C=O) groups excluding carboxylic acids is 1. The molecule has 0 fully saturated rings. The second kappa shape index (κ2) is 13.6. The molecule has 0 radical (unpaired) electrons. The minimum atomic E-state index is -1.37. The third-order valence-corrected chi connectivity index (χ3v) is 8.83. The molecule has 1 aromatic heterocycles. The van der Waals surface area contributed by atoms with Crippen LogP contribution in [0.25, 0.3) is 10.4 Å². The lowest BCUT2D eigenvalue weighted by Crippen LogP contribution is -2.42. The lowest BCUT2D eigenvalue weighted by molar-refractivity contribution is -0.143. The van der Waals surface area contributed by atoms with Gasteiger partial charge in [-0.15, -0.1) is 16.1 Å². The van der Waals surface area contributed by atoms with Gasteiger partial charge in [0.2, 0.25) is 0 Å². The Balaban J connectivity index is 1.94. The molecule has 1 heterocycles. The van der Waals surface area contributed by atoms with Gasteiger partial charge in [0.05, 0.1) is 33.3 Å². The van der Waals surface area contributed by atoms with Gasteiger partial charge in [0.25, 0.3) is 0 Å². The molecule has 212 valence electrons. The van der Waals surface area contributed by atoms with Crippen LogP contribution >= 0.6 is 11.3 Å². The van der Waals surface area contributed by atoms with Crippen LogP contribution in [0.1, 0.15) is 61.7 Å². The highest BCUT2D eigenvalue weighted by atomic mass is 32.2. The molecule has 3 rings (SSSR count). The van der Waals surface area contributed by atoms with E-state index in [-0.39, 0.29) is 12.4 Å². The molecular formula is C30H39NO6S2. The number of nitrogens with one attached hydrogen (secondary N) is 1. The summed E-state index contributed by atoms with van der Waals surface area (Å²) in [5.41, 5.74) is 3.94. The van der Waals surface area contributed by atoms with Crippen LogP contribution in [-0.4, -0.2) is 36.1 Å². The summed E-state index contributed by atoms with van der Waals surface area (Å²) in [7, 11) is 3.22. The van der Waals surface area contributed by atoms with Crippen LogP contribution in [0, 0.1) is 13.8 Å². The minimum Gasteiger partial charge on any atom is -0.598 e. The summed E-state index contributed by atoms with van der Waals surface area (Å²) in [6, 6.07) is 13.3. The molecule has 2 atom stereocenters. The summed E-state index contributed by atoms with van der Waals surface area (Å²) < 4.78 is 38.0. The van der Waals surface area contributed by atoms with Gasteiger partial charge in [0, 0.05) is 26.7 Å². The third-order valence-electron chi connectivity index (χ3n) is 6.14. The van der Waals surface area contributed by atoms with Gasteiger partial charge >= 0.3 is 5.97 Å². The van der Waals surface area contributed by atoms with Crippen molar-refractivity contribution < 1.29 is 28.3 Å². The maximum absolute atomic E-state index is 13.0. The van der Waals surface area contributed by atoms with Crippen molar-refractivity contribution in [3.8, 4) is 27.7 Å². The fraction of sp³-hybridized carbons (Fsp3) is 0.433. The highest BCUT2D eigenvalue weighted by molar-refractivity contribution is 7.90. The molecule has 9 heteroatoms. The van der Waals surface area contributed by atoms with E-state index in [0.717, 1.165) is 37.8 Å². The van der Waals surface area contributed by atoms with E-state index in [1.165, 1.54) is 0 Å². The molecule has 0 saturated heterocycles. The molecule has 0 aliphatic carbocycles. The Hall–Kier alpha value is -2.72. The van der Waals surface area contributed by atoms with Crippen molar-refractivity contribution in [1.82, 2.24) is 4.72 Å². The normalized spacial score (nSPS) is 13.1. The van der Waals surface area contributed by atoms with Gasteiger partial charge in [-0.1, -0.05) is 18.2 Å². The minimum absolute atomic E-state index is 0.0864. The Kier molecular flexibility index (Phi) is 10.7. The standard InChI is InChI=1S/C30H39NO6S2/c1-9-36-28(32)17-23(31-39(33)30(4,5)6)22-16-27(38-20(22)3)29-19(2)11-10-12-25(29)37-18-21-13-14-24(34-7)26(15-21)35-8/h10-16,23,31H,9,17-18H2,1-8H3/t23-,39?/m0/s1. The summed E-state index contributed by atoms with van der Waals surface area (Å²) in [4.78, 5) is 14.5. The lowest BCUT2D eigenvalue weighted by atomic mass is 10.0. The Labute approximate surface area is 239 Å². The van der Waals surface area contributed by atoms with Crippen LogP contribution in [-0.2, 0) is 27.5 Å². The number of aryl methyl sites for hydroxylation is 2. The molecule has 1 N–H and O–H groups in total. The maximum atomic E-state index is 13.0. The van der Waals surface area contributed by atoms with Gasteiger partial charge in [0.1, 0.15) is 17.1 Å². The number of carbonyl (C=O) groups is 1. The molecule has 0 aliphatic heterocycles. The van der Waals surface area contributed by atoms with E-state index in [2.05, 4.69) is 23.8 Å². The number of ether oxygens (including phenoxy) is 4. The summed E-state index contributed by atoms with van der Waals surface area (Å²) in [6.07, 6.45) is 0.0864. The molecule has 2 aromatic carbocycles. The van der Waals surface area contributed by atoms with Crippen LogP contribution in [0.5, 0.6) is 17.2 Å². The van der Waals surface area contributed by atoms with Crippen LogP contribution in [0.15, 0.2) is 42.5 Å². The number of thiophene rings is 1. The molecule has 7 nitrogen and oxygen atoms in total. The zero-order valence-corrected chi connectivity index (χ0v) is 25.6. The first kappa shape index (κ1) is 30.8. The van der Waals surface area contributed by atoms with E-state index in [1.54, 1.807) is 32.5 Å². The SMILES string of the molecule is CCOC(=O)C[C@H](N[S+]([O-])C(C)(C)C)c1cc(-c2c(C)cccc2OCc2ccc(OC)c(OC)c2)sc1C. The number of benzene rings is 2. The predicted molar refractivity (Wildman–Crippen MR) is 158 cm³/mol. The molecular weight excluding hydrogens is 534 g/mol. The molecule has 1 unspecified atom stereocenters. The summed E-state index contributed by atoms with van der Waals surface area (Å²) >= 11 is 0.257. The van der Waals surface area contributed by atoms with Crippen molar-refractivity contribution in [3.05, 3.63) is 64.0 Å². The molecule has 3 aromatic rings. The smallest absolute Gasteiger partial charge is 0.307 e. The van der Waals surface area contributed by atoms with Crippen LogP contribution in [0.3, 0.4) is 0 Å². The number of esters is 1. The van der Waals surface area contributed by atoms with Gasteiger partial charge in [0.15, 0.2) is 11.5 Å². The van der Waals surface area contributed by atoms with Gasteiger partial charge in [-0.05, 0) is 82.5 Å². The Bertz CT molecular complexity index is 1270. The average Bonchev–Trinajstić information content (AvgIpc) is 3.27. The fourth-order valence-corrected chi connectivity index (χ4v) is 6.10. The zero-order chi connectivity index (χ0) is 28.7. The van der Waals surface area contributed by atoms with Crippen molar-refractivity contribution >= 4 is 28.7 Å². The molecule has 0 saturated carbocycles. The number of hydrogen-bond donors (Lipinski definition) is 1. The van der Waals surface area contributed by atoms with Crippen molar-refractivity contribution in [2.24, 2.45) is 0 Å². The van der Waals surface area contributed by atoms with E-state index in [4.69, 9.17) is 18.9 Å². The largest absolute Gasteiger partial charge is 0.598 e. The summed E-state index contributed by atoms with van der Waals surface area (Å²) in [5, 5.41) is 0. The molecule has 0 bridgehead atoms. The second-order valence-electron chi connectivity index (χ2n) is 10.1. The van der Waals surface area contributed by atoms with Crippen molar-refractivity contribution in [1.29, 1.82) is 0 Å². The molecule has 0 amide bonds. The van der Waals surface area contributed by atoms with Crippen molar-refractivity contribution in [2.45, 2.75) is 65.4 Å². The van der Waals surface area contributed by atoms with E-state index >= 15 is 0 Å². The first-order chi connectivity index (χ1) is 18.5. The molecule has 0 aliphatic rings. The quantitative estimate of drug-likeness (QED) is 0.191. The Morgan fingerprint density at radius 1 is 1.05 bits per heavy atom. The van der Waals surface area contributed by atoms with Crippen LogP contribution in [0.2, 0.25) is 0 Å². The zero-order valence-electron chi connectivity index (χ0n) is 24.0. The highest BCUT2D eigenvalue weighted by Crippen LogP contribution is 2.42. The summed E-state index contributed by atoms with van der Waals surface area (Å²) in [6.45, 7) is 12.2. The average molecular weight is 574 g/mol.